The molecule has 1 aliphatic heterocycles. The Morgan fingerprint density at radius 1 is 0.889 bits per heavy atom. The first kappa shape index (κ1) is 17.1. The van der Waals surface area contributed by atoms with Crippen LogP contribution in [0.25, 0.3) is 10.9 Å². The van der Waals surface area contributed by atoms with Gasteiger partial charge in [0.25, 0.3) is 5.69 Å². The van der Waals surface area contributed by atoms with Gasteiger partial charge in [0.05, 0.1) is 16.0 Å². The lowest BCUT2D eigenvalue weighted by Gasteiger charge is -2.37. The van der Waals surface area contributed by atoms with E-state index in [1.54, 1.807) is 24.3 Å². The standard InChI is InChI=1S/C19H16F2N4O2/c20-13-5-6-14(21)19-18(13)17(7-8-22-19)24-11-9-23(10-12-24)15-3-1-2-4-16(15)25(26)27/h1-8H,9-12H2. The molecule has 0 unspecified atom stereocenters. The molecule has 4 rings (SSSR count). The molecule has 2 heterocycles. The van der Waals surface area contributed by atoms with Crippen molar-refractivity contribution >= 4 is 28.0 Å². The molecule has 0 spiro atoms. The van der Waals surface area contributed by atoms with Gasteiger partial charge in [0, 0.05) is 38.4 Å². The Morgan fingerprint density at radius 3 is 2.22 bits per heavy atom. The van der Waals surface area contributed by atoms with Crippen LogP contribution >= 0.6 is 0 Å². The fraction of sp³-hybridized carbons (Fsp3) is 0.211. The summed E-state index contributed by atoms with van der Waals surface area (Å²) in [5.41, 5.74) is 1.22. The highest BCUT2D eigenvalue weighted by Gasteiger charge is 2.25. The van der Waals surface area contributed by atoms with Gasteiger partial charge in [-0.3, -0.25) is 15.1 Å². The third-order valence-electron chi connectivity index (χ3n) is 4.81. The average Bonchev–Trinajstić information content (AvgIpc) is 2.70. The molecule has 0 radical (unpaired) electrons. The SMILES string of the molecule is O=[N+]([O-])c1ccccc1N1CCN(c2ccnc3c(F)ccc(F)c23)CC1. The van der Waals surface area contributed by atoms with Gasteiger partial charge < -0.3 is 9.80 Å². The summed E-state index contributed by atoms with van der Waals surface area (Å²) >= 11 is 0. The van der Waals surface area contributed by atoms with Gasteiger partial charge in [0.2, 0.25) is 0 Å². The second-order valence-electron chi connectivity index (χ2n) is 6.30. The Bertz CT molecular complexity index is 1020. The van der Waals surface area contributed by atoms with Crippen molar-refractivity contribution in [3.8, 4) is 0 Å². The van der Waals surface area contributed by atoms with E-state index in [9.17, 15) is 18.9 Å². The number of para-hydroxylation sites is 2. The zero-order valence-corrected chi connectivity index (χ0v) is 14.3. The first-order chi connectivity index (χ1) is 13.1. The van der Waals surface area contributed by atoms with Crippen LogP contribution in [-0.4, -0.2) is 36.1 Å². The second kappa shape index (κ2) is 6.79. The highest BCUT2D eigenvalue weighted by atomic mass is 19.1. The minimum atomic E-state index is -0.563. The van der Waals surface area contributed by atoms with Crippen molar-refractivity contribution in [2.24, 2.45) is 0 Å². The summed E-state index contributed by atoms with van der Waals surface area (Å²) < 4.78 is 28.3. The summed E-state index contributed by atoms with van der Waals surface area (Å²) in [6.45, 7) is 2.12. The van der Waals surface area contributed by atoms with E-state index in [0.29, 0.717) is 37.6 Å². The summed E-state index contributed by atoms with van der Waals surface area (Å²) in [4.78, 5) is 18.7. The lowest BCUT2D eigenvalue weighted by molar-refractivity contribution is -0.384. The molecule has 6 nitrogen and oxygen atoms in total. The van der Waals surface area contributed by atoms with Crippen molar-refractivity contribution in [1.82, 2.24) is 4.98 Å². The number of pyridine rings is 1. The third kappa shape index (κ3) is 3.03. The zero-order chi connectivity index (χ0) is 19.0. The van der Waals surface area contributed by atoms with Gasteiger partial charge in [-0.15, -0.1) is 0 Å². The van der Waals surface area contributed by atoms with Gasteiger partial charge in [-0.05, 0) is 24.3 Å². The largest absolute Gasteiger partial charge is 0.367 e. The van der Waals surface area contributed by atoms with E-state index in [2.05, 4.69) is 4.98 Å². The molecule has 0 N–H and O–H groups in total. The lowest BCUT2D eigenvalue weighted by Crippen LogP contribution is -2.46. The van der Waals surface area contributed by atoms with Crippen molar-refractivity contribution in [3.05, 3.63) is 70.4 Å². The Morgan fingerprint density at radius 2 is 1.52 bits per heavy atom. The Kier molecular flexibility index (Phi) is 4.31. The smallest absolute Gasteiger partial charge is 0.292 e. The van der Waals surface area contributed by atoms with Crippen LogP contribution in [0.2, 0.25) is 0 Å². The Hall–Kier alpha value is -3.29. The molecule has 3 aromatic rings. The minimum Gasteiger partial charge on any atom is -0.367 e. The predicted octanol–water partition coefficient (Wildman–Crippen LogP) is 3.75. The highest BCUT2D eigenvalue weighted by molar-refractivity contribution is 5.92. The topological polar surface area (TPSA) is 62.5 Å². The molecule has 8 heteroatoms. The Labute approximate surface area is 153 Å². The fourth-order valence-electron chi connectivity index (χ4n) is 3.51. The number of halogens is 2. The van der Waals surface area contributed by atoms with E-state index in [4.69, 9.17) is 0 Å². The second-order valence-corrected chi connectivity index (χ2v) is 6.30. The number of nitro groups is 1. The maximum atomic E-state index is 14.3. The first-order valence-corrected chi connectivity index (χ1v) is 8.52. The van der Waals surface area contributed by atoms with Crippen LogP contribution in [0.1, 0.15) is 0 Å². The maximum Gasteiger partial charge on any atom is 0.292 e. The lowest BCUT2D eigenvalue weighted by atomic mass is 10.1. The number of hydrogen-bond donors (Lipinski definition) is 0. The van der Waals surface area contributed by atoms with Crippen LogP contribution in [0, 0.1) is 21.7 Å². The van der Waals surface area contributed by atoms with E-state index in [1.807, 2.05) is 9.80 Å². The van der Waals surface area contributed by atoms with Crippen LogP contribution in [0.3, 0.4) is 0 Å². The van der Waals surface area contributed by atoms with Crippen LogP contribution in [-0.2, 0) is 0 Å². The van der Waals surface area contributed by atoms with Crippen LogP contribution in [0.4, 0.5) is 25.8 Å². The quantitative estimate of drug-likeness (QED) is 0.519. The Balaban J connectivity index is 1.62. The van der Waals surface area contributed by atoms with E-state index in [0.717, 1.165) is 12.1 Å². The van der Waals surface area contributed by atoms with Crippen molar-refractivity contribution in [2.45, 2.75) is 0 Å². The number of nitro benzene ring substituents is 1. The fourth-order valence-corrected chi connectivity index (χ4v) is 3.51. The van der Waals surface area contributed by atoms with Crippen LogP contribution in [0.15, 0.2) is 48.7 Å². The number of piperazine rings is 1. The molecule has 0 bridgehead atoms. The number of benzene rings is 2. The molecule has 1 fully saturated rings. The predicted molar refractivity (Wildman–Crippen MR) is 99.2 cm³/mol. The molecule has 0 saturated carbocycles. The van der Waals surface area contributed by atoms with E-state index >= 15 is 0 Å². The van der Waals surface area contributed by atoms with E-state index < -0.39 is 16.6 Å². The van der Waals surface area contributed by atoms with E-state index in [-0.39, 0.29) is 16.6 Å². The van der Waals surface area contributed by atoms with Gasteiger partial charge >= 0.3 is 0 Å². The third-order valence-corrected chi connectivity index (χ3v) is 4.81. The number of anilines is 2. The average molecular weight is 370 g/mol. The summed E-state index contributed by atoms with van der Waals surface area (Å²) in [5.74, 6) is -1.08. The molecular formula is C19H16F2N4O2. The molecular weight excluding hydrogens is 354 g/mol. The van der Waals surface area contributed by atoms with Crippen molar-refractivity contribution in [1.29, 1.82) is 0 Å². The highest BCUT2D eigenvalue weighted by Crippen LogP contribution is 2.32. The van der Waals surface area contributed by atoms with Gasteiger partial charge in [0.15, 0.2) is 0 Å². The van der Waals surface area contributed by atoms with Crippen LogP contribution in [0.5, 0.6) is 0 Å². The summed E-state index contributed by atoms with van der Waals surface area (Å²) in [5, 5.41) is 11.4. The molecule has 0 amide bonds. The van der Waals surface area contributed by atoms with Crippen molar-refractivity contribution in [3.63, 3.8) is 0 Å². The number of rotatable bonds is 3. The number of fused-ring (bicyclic) bond motifs is 1. The van der Waals surface area contributed by atoms with Crippen molar-refractivity contribution < 1.29 is 13.7 Å². The number of hydrogen-bond acceptors (Lipinski definition) is 5. The molecule has 0 atom stereocenters. The molecule has 2 aromatic carbocycles. The summed E-state index contributed by atoms with van der Waals surface area (Å²) in [6.07, 6.45) is 1.47. The monoisotopic (exact) mass is 370 g/mol. The summed E-state index contributed by atoms with van der Waals surface area (Å²) in [6, 6.07) is 10.5. The molecule has 1 aromatic heterocycles. The van der Waals surface area contributed by atoms with E-state index in [1.165, 1.54) is 12.3 Å². The molecule has 27 heavy (non-hydrogen) atoms. The molecule has 0 aliphatic carbocycles. The van der Waals surface area contributed by atoms with Gasteiger partial charge in [-0.25, -0.2) is 8.78 Å². The molecule has 1 aliphatic rings. The van der Waals surface area contributed by atoms with Crippen molar-refractivity contribution in [2.75, 3.05) is 36.0 Å². The van der Waals surface area contributed by atoms with Gasteiger partial charge in [0.1, 0.15) is 22.8 Å². The number of aromatic nitrogens is 1. The maximum absolute atomic E-state index is 14.3. The summed E-state index contributed by atoms with van der Waals surface area (Å²) in [7, 11) is 0. The van der Waals surface area contributed by atoms with Crippen LogP contribution < -0.4 is 9.80 Å². The molecule has 138 valence electrons. The van der Waals surface area contributed by atoms with Gasteiger partial charge in [-0.1, -0.05) is 12.1 Å². The number of nitrogens with zero attached hydrogens (tertiary/aromatic N) is 4. The normalized spacial score (nSPS) is 14.6. The minimum absolute atomic E-state index is 0.00799. The zero-order valence-electron chi connectivity index (χ0n) is 14.3. The first-order valence-electron chi connectivity index (χ1n) is 8.52. The van der Waals surface area contributed by atoms with Gasteiger partial charge in [-0.2, -0.15) is 0 Å². The molecule has 1 saturated heterocycles.